The Morgan fingerprint density at radius 3 is 2.50 bits per heavy atom. The second-order valence-electron chi connectivity index (χ2n) is 3.93. The number of carbonyl (C=O) groups is 1. The lowest BCUT2D eigenvalue weighted by molar-refractivity contribution is 0.0977. The molecule has 0 aliphatic rings. The zero-order valence-electron chi connectivity index (χ0n) is 10.2. The number of hydrogen-bond donors (Lipinski definition) is 2. The molecule has 3 nitrogen and oxygen atoms in total. The van der Waals surface area contributed by atoms with Crippen molar-refractivity contribution in [2.45, 2.75) is 0 Å². The molecule has 2 rings (SSSR count). The summed E-state index contributed by atoms with van der Waals surface area (Å²) in [5, 5.41) is 5.55. The van der Waals surface area contributed by atoms with E-state index >= 15 is 0 Å². The Labute approximate surface area is 134 Å². The van der Waals surface area contributed by atoms with Gasteiger partial charge < -0.3 is 5.32 Å². The Balaban J connectivity index is 1.97. The maximum atomic E-state index is 13.0. The van der Waals surface area contributed by atoms with Crippen LogP contribution >= 0.6 is 34.8 Å². The van der Waals surface area contributed by atoms with Crippen LogP contribution in [-0.4, -0.2) is 11.0 Å². The van der Waals surface area contributed by atoms with Crippen molar-refractivity contribution in [2.75, 3.05) is 5.32 Å². The summed E-state index contributed by atoms with van der Waals surface area (Å²) >= 11 is 7.23. The van der Waals surface area contributed by atoms with Crippen molar-refractivity contribution in [1.29, 1.82) is 0 Å². The third-order valence-corrected chi connectivity index (χ3v) is 3.34. The predicted molar refractivity (Wildman–Crippen MR) is 89.2 cm³/mol. The molecule has 2 N–H and O–H groups in total. The lowest BCUT2D eigenvalue weighted by Gasteiger charge is -2.09. The summed E-state index contributed by atoms with van der Waals surface area (Å²) in [6, 6.07) is 13.0. The third-order valence-electron chi connectivity index (χ3n) is 2.42. The van der Waals surface area contributed by atoms with E-state index in [1.165, 1.54) is 18.2 Å². The molecular formula is C14H10FIN2OS. The van der Waals surface area contributed by atoms with Gasteiger partial charge in [0.15, 0.2) is 5.11 Å². The van der Waals surface area contributed by atoms with Crippen LogP contribution in [0.4, 0.5) is 10.1 Å². The quantitative estimate of drug-likeness (QED) is 0.599. The van der Waals surface area contributed by atoms with E-state index < -0.39 is 11.7 Å². The number of halogens is 2. The maximum absolute atomic E-state index is 13.0. The second-order valence-corrected chi connectivity index (χ2v) is 5.58. The molecule has 2 aromatic rings. The smallest absolute Gasteiger partial charge is 0.257 e. The van der Waals surface area contributed by atoms with E-state index in [2.05, 4.69) is 33.2 Å². The normalized spacial score (nSPS) is 9.90. The third kappa shape index (κ3) is 4.24. The van der Waals surface area contributed by atoms with Gasteiger partial charge in [-0.15, -0.1) is 0 Å². The van der Waals surface area contributed by atoms with Gasteiger partial charge in [-0.25, -0.2) is 4.39 Å². The van der Waals surface area contributed by atoms with Crippen LogP contribution < -0.4 is 10.6 Å². The Morgan fingerprint density at radius 2 is 1.85 bits per heavy atom. The van der Waals surface area contributed by atoms with E-state index in [9.17, 15) is 9.18 Å². The molecule has 102 valence electrons. The Bertz CT molecular complexity index is 646. The molecule has 0 saturated heterocycles. The average Bonchev–Trinajstić information content (AvgIpc) is 2.41. The van der Waals surface area contributed by atoms with Gasteiger partial charge in [-0.05, 0) is 77.3 Å². The first-order valence-corrected chi connectivity index (χ1v) is 7.17. The van der Waals surface area contributed by atoms with Crippen molar-refractivity contribution in [3.8, 4) is 0 Å². The van der Waals surface area contributed by atoms with Crippen LogP contribution in [0.25, 0.3) is 0 Å². The van der Waals surface area contributed by atoms with E-state index in [1.807, 2.05) is 24.3 Å². The highest BCUT2D eigenvalue weighted by Crippen LogP contribution is 2.11. The van der Waals surface area contributed by atoms with E-state index in [-0.39, 0.29) is 10.7 Å². The Morgan fingerprint density at radius 1 is 1.15 bits per heavy atom. The Kier molecular flexibility index (Phi) is 5.02. The van der Waals surface area contributed by atoms with Gasteiger partial charge in [-0.1, -0.05) is 6.07 Å². The molecule has 0 spiro atoms. The molecule has 0 bridgehead atoms. The van der Waals surface area contributed by atoms with Crippen molar-refractivity contribution < 1.29 is 9.18 Å². The standard InChI is InChI=1S/C14H10FIN2OS/c15-10-3-1-2-9(8-10)13(19)18-14(20)17-12-6-4-11(16)5-7-12/h1-8H,(H2,17,18,19,20). The van der Waals surface area contributed by atoms with E-state index in [0.29, 0.717) is 0 Å². The minimum atomic E-state index is -0.464. The topological polar surface area (TPSA) is 41.1 Å². The highest BCUT2D eigenvalue weighted by atomic mass is 127. The fourth-order valence-electron chi connectivity index (χ4n) is 1.50. The van der Waals surface area contributed by atoms with Crippen molar-refractivity contribution in [1.82, 2.24) is 5.32 Å². The van der Waals surface area contributed by atoms with Crippen LogP contribution in [0.5, 0.6) is 0 Å². The zero-order valence-corrected chi connectivity index (χ0v) is 13.2. The molecule has 0 unspecified atom stereocenters. The summed E-state index contributed by atoms with van der Waals surface area (Å²) < 4.78 is 14.1. The summed E-state index contributed by atoms with van der Waals surface area (Å²) in [5.41, 5.74) is 0.992. The summed E-state index contributed by atoms with van der Waals surface area (Å²) in [5.74, 6) is -0.915. The van der Waals surface area contributed by atoms with Gasteiger partial charge in [0.2, 0.25) is 0 Å². The van der Waals surface area contributed by atoms with Crippen molar-refractivity contribution in [2.24, 2.45) is 0 Å². The summed E-state index contributed by atoms with van der Waals surface area (Å²) in [4.78, 5) is 11.8. The summed E-state index contributed by atoms with van der Waals surface area (Å²) in [7, 11) is 0. The molecule has 0 aliphatic carbocycles. The summed E-state index contributed by atoms with van der Waals surface area (Å²) in [6.07, 6.45) is 0. The fraction of sp³-hybridized carbons (Fsp3) is 0. The first-order valence-electron chi connectivity index (χ1n) is 5.68. The number of thiocarbonyl (C=S) groups is 1. The number of nitrogens with one attached hydrogen (secondary N) is 2. The molecule has 0 fully saturated rings. The molecule has 0 saturated carbocycles. The van der Waals surface area contributed by atoms with Gasteiger partial charge >= 0.3 is 0 Å². The second kappa shape index (κ2) is 6.76. The lowest BCUT2D eigenvalue weighted by Crippen LogP contribution is -2.34. The highest BCUT2D eigenvalue weighted by Gasteiger charge is 2.08. The largest absolute Gasteiger partial charge is 0.332 e. The molecule has 0 radical (unpaired) electrons. The van der Waals surface area contributed by atoms with Crippen LogP contribution in [0.1, 0.15) is 10.4 Å². The molecule has 1 amide bonds. The lowest BCUT2D eigenvalue weighted by atomic mass is 10.2. The zero-order chi connectivity index (χ0) is 14.5. The number of carbonyl (C=O) groups excluding carboxylic acids is 1. The monoisotopic (exact) mass is 400 g/mol. The number of hydrogen-bond acceptors (Lipinski definition) is 2. The van der Waals surface area contributed by atoms with Gasteiger partial charge in [-0.2, -0.15) is 0 Å². The van der Waals surface area contributed by atoms with Crippen LogP contribution in [0.2, 0.25) is 0 Å². The molecule has 6 heteroatoms. The number of amides is 1. The minimum Gasteiger partial charge on any atom is -0.332 e. The molecule has 0 heterocycles. The molecule has 20 heavy (non-hydrogen) atoms. The number of rotatable bonds is 2. The van der Waals surface area contributed by atoms with Crippen LogP contribution in [0.15, 0.2) is 48.5 Å². The fourth-order valence-corrected chi connectivity index (χ4v) is 2.07. The van der Waals surface area contributed by atoms with Gasteiger partial charge in [0.05, 0.1) is 0 Å². The molecule has 2 aromatic carbocycles. The van der Waals surface area contributed by atoms with Crippen molar-refractivity contribution in [3.05, 3.63) is 63.5 Å². The minimum absolute atomic E-state index is 0.167. The first kappa shape index (κ1) is 14.9. The van der Waals surface area contributed by atoms with E-state index in [0.717, 1.165) is 15.3 Å². The van der Waals surface area contributed by atoms with Gasteiger partial charge in [0.1, 0.15) is 5.82 Å². The molecule has 0 aromatic heterocycles. The SMILES string of the molecule is O=C(NC(=S)Nc1ccc(I)cc1)c1cccc(F)c1. The van der Waals surface area contributed by atoms with Crippen LogP contribution in [-0.2, 0) is 0 Å². The molecular weight excluding hydrogens is 390 g/mol. The van der Waals surface area contributed by atoms with E-state index in [4.69, 9.17) is 12.2 Å². The molecule has 0 atom stereocenters. The van der Waals surface area contributed by atoms with Gasteiger partial charge in [0.25, 0.3) is 5.91 Å². The molecule has 0 aliphatic heterocycles. The van der Waals surface area contributed by atoms with Gasteiger partial charge in [0, 0.05) is 14.8 Å². The van der Waals surface area contributed by atoms with Crippen LogP contribution in [0, 0.1) is 9.39 Å². The number of benzene rings is 2. The predicted octanol–water partition coefficient (Wildman–Crippen LogP) is 3.56. The van der Waals surface area contributed by atoms with Crippen molar-refractivity contribution in [3.63, 3.8) is 0 Å². The van der Waals surface area contributed by atoms with Crippen LogP contribution in [0.3, 0.4) is 0 Å². The van der Waals surface area contributed by atoms with Gasteiger partial charge in [-0.3, -0.25) is 10.1 Å². The highest BCUT2D eigenvalue weighted by molar-refractivity contribution is 14.1. The summed E-state index contributed by atoms with van der Waals surface area (Å²) in [6.45, 7) is 0. The average molecular weight is 400 g/mol. The van der Waals surface area contributed by atoms with E-state index in [1.54, 1.807) is 0 Å². The first-order chi connectivity index (χ1) is 9.54. The Hall–Kier alpha value is -1.54. The number of anilines is 1. The van der Waals surface area contributed by atoms with Crippen molar-refractivity contribution >= 4 is 51.5 Å². The maximum Gasteiger partial charge on any atom is 0.257 e.